The van der Waals surface area contributed by atoms with Gasteiger partial charge >= 0.3 is 4.87 Å². The summed E-state index contributed by atoms with van der Waals surface area (Å²) in [5, 5.41) is 9.80. The Labute approximate surface area is 187 Å². The van der Waals surface area contributed by atoms with E-state index in [1.54, 1.807) is 0 Å². The van der Waals surface area contributed by atoms with Crippen LogP contribution < -0.4 is 9.61 Å². The molecule has 0 saturated heterocycles. The van der Waals surface area contributed by atoms with E-state index in [1.165, 1.54) is 0 Å². The summed E-state index contributed by atoms with van der Waals surface area (Å²) < 4.78 is 11.7. The lowest BCUT2D eigenvalue weighted by atomic mass is 10.1. The summed E-state index contributed by atoms with van der Waals surface area (Å²) in [6, 6.07) is 23.7. The molecule has 0 spiro atoms. The van der Waals surface area contributed by atoms with Crippen LogP contribution in [0.4, 0.5) is 0 Å². The van der Waals surface area contributed by atoms with Gasteiger partial charge in [-0.05, 0) is 41.0 Å². The van der Waals surface area contributed by atoms with Crippen LogP contribution in [0.25, 0.3) is 11.1 Å². The molecule has 0 fully saturated rings. The second-order valence-electron chi connectivity index (χ2n) is 7.47. The minimum absolute atomic E-state index is 0.0721. The van der Waals surface area contributed by atoms with E-state index in [9.17, 15) is 9.90 Å². The lowest BCUT2D eigenvalue weighted by Crippen LogP contribution is -1.95. The van der Waals surface area contributed by atoms with Crippen LogP contribution in [-0.4, -0.2) is 15.1 Å². The van der Waals surface area contributed by atoms with E-state index in [0.29, 0.717) is 35.8 Å². The minimum Gasteiger partial charge on any atom is -0.494 e. The van der Waals surface area contributed by atoms with Gasteiger partial charge in [-0.1, -0.05) is 59.9 Å². The summed E-state index contributed by atoms with van der Waals surface area (Å²) in [4.78, 5) is 18.7. The predicted molar refractivity (Wildman–Crippen MR) is 123 cm³/mol. The first-order valence-corrected chi connectivity index (χ1v) is 11.0. The van der Waals surface area contributed by atoms with Gasteiger partial charge in [-0.3, -0.25) is 9.78 Å². The molecule has 0 aliphatic rings. The molecule has 32 heavy (non-hydrogen) atoms. The highest BCUT2D eigenvalue weighted by molar-refractivity contribution is 7.09. The zero-order chi connectivity index (χ0) is 21.9. The monoisotopic (exact) mass is 444 g/mol. The van der Waals surface area contributed by atoms with Gasteiger partial charge in [0, 0.05) is 12.8 Å². The number of aromatic amines is 1. The molecular formula is C25H20N2O4S. The van der Waals surface area contributed by atoms with Crippen LogP contribution in [0.2, 0.25) is 0 Å². The van der Waals surface area contributed by atoms with Gasteiger partial charge in [0.15, 0.2) is 11.5 Å². The summed E-state index contributed by atoms with van der Waals surface area (Å²) in [6.07, 6.45) is 1.03. The molecule has 5 aromatic rings. The van der Waals surface area contributed by atoms with Crippen molar-refractivity contribution in [3.63, 3.8) is 0 Å². The van der Waals surface area contributed by atoms with Crippen molar-refractivity contribution in [2.24, 2.45) is 0 Å². The van der Waals surface area contributed by atoms with E-state index in [4.69, 9.17) is 9.15 Å². The molecule has 0 amide bonds. The van der Waals surface area contributed by atoms with Crippen molar-refractivity contribution in [3.8, 4) is 11.6 Å². The molecule has 2 heterocycles. The summed E-state index contributed by atoms with van der Waals surface area (Å²) in [7, 11) is 0. The molecule has 0 aliphatic heterocycles. The second-order valence-corrected chi connectivity index (χ2v) is 8.54. The standard InChI is InChI=1S/C25H20N2O4S/c28-24-22(32-25(29)27-24)13-18-8-11-21-20(12-18)26-23(31-21)14-16-6-9-19(10-7-16)30-15-17-4-2-1-3-5-17/h1-12,28H,13-15H2,(H,27,29). The molecule has 0 bridgehead atoms. The first-order chi connectivity index (χ1) is 15.6. The Hall–Kier alpha value is -3.84. The van der Waals surface area contributed by atoms with Crippen molar-refractivity contribution in [1.82, 2.24) is 9.97 Å². The van der Waals surface area contributed by atoms with E-state index in [0.717, 1.165) is 39.3 Å². The SMILES string of the molecule is O=c1[nH]c(O)c(Cc2ccc3oc(Cc4ccc(OCc5ccccc5)cc4)nc3c2)s1. The fourth-order valence-corrected chi connectivity index (χ4v) is 4.24. The quantitative estimate of drug-likeness (QED) is 0.367. The van der Waals surface area contributed by atoms with Crippen molar-refractivity contribution >= 4 is 22.4 Å². The van der Waals surface area contributed by atoms with E-state index >= 15 is 0 Å². The van der Waals surface area contributed by atoms with Crippen LogP contribution >= 0.6 is 11.3 Å². The number of thiazole rings is 1. The maximum Gasteiger partial charge on any atom is 0.307 e. The van der Waals surface area contributed by atoms with Gasteiger partial charge < -0.3 is 14.3 Å². The zero-order valence-electron chi connectivity index (χ0n) is 17.1. The van der Waals surface area contributed by atoms with Crippen molar-refractivity contribution in [2.45, 2.75) is 19.4 Å². The van der Waals surface area contributed by atoms with Crippen LogP contribution in [0.5, 0.6) is 11.6 Å². The second kappa shape index (κ2) is 8.72. The Balaban J connectivity index is 1.25. The van der Waals surface area contributed by atoms with Crippen LogP contribution in [0.15, 0.2) is 82.0 Å². The molecule has 0 unspecified atom stereocenters. The lowest BCUT2D eigenvalue weighted by molar-refractivity contribution is 0.306. The number of aromatic hydroxyl groups is 1. The first-order valence-electron chi connectivity index (χ1n) is 10.2. The van der Waals surface area contributed by atoms with E-state index < -0.39 is 0 Å². The molecule has 160 valence electrons. The summed E-state index contributed by atoms with van der Waals surface area (Å²) in [6.45, 7) is 0.533. The summed E-state index contributed by atoms with van der Waals surface area (Å²) in [5.74, 6) is 1.37. The smallest absolute Gasteiger partial charge is 0.307 e. The molecule has 3 aromatic carbocycles. The van der Waals surface area contributed by atoms with Crippen molar-refractivity contribution < 1.29 is 14.3 Å². The minimum atomic E-state index is -0.265. The van der Waals surface area contributed by atoms with Crippen LogP contribution in [0.1, 0.15) is 27.5 Å². The number of nitrogens with one attached hydrogen (secondary N) is 1. The molecule has 0 atom stereocenters. The number of H-pyrrole nitrogens is 1. The number of fused-ring (bicyclic) bond motifs is 1. The maximum atomic E-state index is 11.4. The Morgan fingerprint density at radius 2 is 1.72 bits per heavy atom. The van der Waals surface area contributed by atoms with Gasteiger partial charge in [-0.25, -0.2) is 4.98 Å². The fraction of sp³-hybridized carbons (Fsp3) is 0.120. The molecule has 7 heteroatoms. The number of rotatable bonds is 7. The van der Waals surface area contributed by atoms with Gasteiger partial charge in [-0.15, -0.1) is 0 Å². The molecule has 6 nitrogen and oxygen atoms in total. The van der Waals surface area contributed by atoms with Crippen molar-refractivity contribution in [2.75, 3.05) is 0 Å². The van der Waals surface area contributed by atoms with Gasteiger partial charge in [0.2, 0.25) is 5.88 Å². The number of ether oxygens (including phenoxy) is 1. The molecule has 2 aromatic heterocycles. The Morgan fingerprint density at radius 1 is 0.938 bits per heavy atom. The number of oxazole rings is 1. The highest BCUT2D eigenvalue weighted by Gasteiger charge is 2.11. The highest BCUT2D eigenvalue weighted by Crippen LogP contribution is 2.24. The lowest BCUT2D eigenvalue weighted by Gasteiger charge is -2.06. The van der Waals surface area contributed by atoms with Gasteiger partial charge in [-0.2, -0.15) is 0 Å². The molecule has 0 aliphatic carbocycles. The molecule has 0 radical (unpaired) electrons. The highest BCUT2D eigenvalue weighted by atomic mass is 32.1. The topological polar surface area (TPSA) is 88.4 Å². The Kier molecular flexibility index (Phi) is 5.47. The summed E-state index contributed by atoms with van der Waals surface area (Å²) in [5.41, 5.74) is 4.61. The molecule has 5 rings (SSSR count). The largest absolute Gasteiger partial charge is 0.494 e. The van der Waals surface area contributed by atoms with Crippen LogP contribution in [-0.2, 0) is 19.4 Å². The third-order valence-corrected chi connectivity index (χ3v) is 5.96. The average molecular weight is 445 g/mol. The third kappa shape index (κ3) is 4.58. The number of benzene rings is 3. The van der Waals surface area contributed by atoms with E-state index in [-0.39, 0.29) is 10.8 Å². The van der Waals surface area contributed by atoms with Crippen molar-refractivity contribution in [3.05, 3.63) is 110 Å². The molecular weight excluding hydrogens is 424 g/mol. The molecule has 2 N–H and O–H groups in total. The fourth-order valence-electron chi connectivity index (χ4n) is 3.48. The first kappa shape index (κ1) is 20.1. The molecule has 0 saturated carbocycles. The van der Waals surface area contributed by atoms with E-state index in [1.807, 2.05) is 72.8 Å². The van der Waals surface area contributed by atoms with Gasteiger partial charge in [0.1, 0.15) is 17.9 Å². The normalized spacial score (nSPS) is 11.1. The Morgan fingerprint density at radius 3 is 2.47 bits per heavy atom. The number of hydrogen-bond acceptors (Lipinski definition) is 6. The Bertz CT molecular complexity index is 1400. The number of hydrogen-bond donors (Lipinski definition) is 2. The third-order valence-electron chi connectivity index (χ3n) is 5.09. The maximum absolute atomic E-state index is 11.4. The average Bonchev–Trinajstić information content (AvgIpc) is 3.34. The predicted octanol–water partition coefficient (Wildman–Crippen LogP) is 5.04. The van der Waals surface area contributed by atoms with Gasteiger partial charge in [0.05, 0.1) is 4.88 Å². The number of nitrogens with zero attached hydrogens (tertiary/aromatic N) is 1. The van der Waals surface area contributed by atoms with Crippen LogP contribution in [0, 0.1) is 0 Å². The number of aromatic nitrogens is 2. The van der Waals surface area contributed by atoms with Crippen LogP contribution in [0.3, 0.4) is 0 Å². The van der Waals surface area contributed by atoms with Crippen molar-refractivity contribution in [1.29, 1.82) is 0 Å². The zero-order valence-corrected chi connectivity index (χ0v) is 17.9. The van der Waals surface area contributed by atoms with Gasteiger partial charge in [0.25, 0.3) is 0 Å². The van der Waals surface area contributed by atoms with E-state index in [2.05, 4.69) is 9.97 Å². The summed E-state index contributed by atoms with van der Waals surface area (Å²) >= 11 is 1.01.